The predicted octanol–water partition coefficient (Wildman–Crippen LogP) is 3.35. The zero-order valence-electron chi connectivity index (χ0n) is 8.15. The third-order valence-electron chi connectivity index (χ3n) is 2.12. The summed E-state index contributed by atoms with van der Waals surface area (Å²) in [7, 11) is 0. The highest BCUT2D eigenvalue weighted by Crippen LogP contribution is 2.23. The van der Waals surface area contributed by atoms with E-state index in [9.17, 15) is 9.18 Å². The van der Waals surface area contributed by atoms with Gasteiger partial charge in [-0.15, -0.1) is 0 Å². The first-order chi connectivity index (χ1) is 7.70. The molecule has 0 atom stereocenters. The summed E-state index contributed by atoms with van der Waals surface area (Å²) in [5, 5.41) is 0.268. The molecule has 0 N–H and O–H groups in total. The Labute approximate surface area is 96.7 Å². The highest BCUT2D eigenvalue weighted by molar-refractivity contribution is 6.29. The maximum absolute atomic E-state index is 13.0. The number of hydrogen-bond donors (Lipinski definition) is 0. The van der Waals surface area contributed by atoms with Crippen LogP contribution in [-0.2, 0) is 0 Å². The van der Waals surface area contributed by atoms with Gasteiger partial charge in [-0.1, -0.05) is 23.7 Å². The Kier molecular flexibility index (Phi) is 2.97. The van der Waals surface area contributed by atoms with E-state index in [0.29, 0.717) is 23.1 Å². The summed E-state index contributed by atoms with van der Waals surface area (Å²) in [6.07, 6.45) is 0.670. The van der Waals surface area contributed by atoms with Crippen molar-refractivity contribution in [1.82, 2.24) is 4.98 Å². The Morgan fingerprint density at radius 3 is 2.75 bits per heavy atom. The zero-order valence-corrected chi connectivity index (χ0v) is 8.91. The Morgan fingerprint density at radius 2 is 2.06 bits per heavy atom. The van der Waals surface area contributed by atoms with Crippen molar-refractivity contribution >= 4 is 17.9 Å². The quantitative estimate of drug-likeness (QED) is 0.590. The summed E-state index contributed by atoms with van der Waals surface area (Å²) in [5.74, 6) is -0.379. The molecule has 0 aliphatic rings. The van der Waals surface area contributed by atoms with Crippen molar-refractivity contribution in [1.29, 1.82) is 0 Å². The van der Waals surface area contributed by atoms with E-state index in [1.165, 1.54) is 18.2 Å². The normalized spacial score (nSPS) is 10.1. The Morgan fingerprint density at radius 1 is 1.25 bits per heavy atom. The summed E-state index contributed by atoms with van der Waals surface area (Å²) in [5.41, 5.74) is 1.31. The molecule has 0 fully saturated rings. The van der Waals surface area contributed by atoms with Gasteiger partial charge in [0.05, 0.1) is 5.69 Å². The van der Waals surface area contributed by atoms with Crippen LogP contribution in [0.3, 0.4) is 0 Å². The first-order valence-corrected chi connectivity index (χ1v) is 4.96. The fraction of sp³-hybridized carbons (Fsp3) is 0. The van der Waals surface area contributed by atoms with Gasteiger partial charge in [-0.25, -0.2) is 9.37 Å². The van der Waals surface area contributed by atoms with Crippen molar-refractivity contribution in [2.75, 3.05) is 0 Å². The molecule has 2 rings (SSSR count). The number of nitrogens with zero attached hydrogens (tertiary/aromatic N) is 1. The van der Waals surface area contributed by atoms with E-state index in [2.05, 4.69) is 4.98 Å². The third-order valence-corrected chi connectivity index (χ3v) is 2.33. The zero-order chi connectivity index (χ0) is 11.5. The van der Waals surface area contributed by atoms with Gasteiger partial charge < -0.3 is 0 Å². The highest BCUT2D eigenvalue weighted by atomic mass is 35.5. The standard InChI is InChI=1S/C12H7ClFNO/c13-11-5-4-9(7-16)12(15-11)8-2-1-3-10(14)6-8/h1-7H. The fourth-order valence-corrected chi connectivity index (χ4v) is 1.56. The molecule has 0 aliphatic heterocycles. The van der Waals surface area contributed by atoms with E-state index in [-0.39, 0.29) is 11.0 Å². The lowest BCUT2D eigenvalue weighted by Crippen LogP contribution is -1.92. The molecule has 0 saturated carbocycles. The number of hydrogen-bond acceptors (Lipinski definition) is 2. The van der Waals surface area contributed by atoms with E-state index in [1.807, 2.05) is 0 Å². The Hall–Kier alpha value is -1.74. The van der Waals surface area contributed by atoms with Gasteiger partial charge in [0.2, 0.25) is 0 Å². The van der Waals surface area contributed by atoms with E-state index in [0.717, 1.165) is 0 Å². The van der Waals surface area contributed by atoms with Crippen LogP contribution in [0.25, 0.3) is 11.3 Å². The van der Waals surface area contributed by atoms with Crippen LogP contribution >= 0.6 is 11.6 Å². The first kappa shape index (κ1) is 10.8. The van der Waals surface area contributed by atoms with Gasteiger partial charge in [-0.2, -0.15) is 0 Å². The van der Waals surface area contributed by atoms with Gasteiger partial charge in [0.1, 0.15) is 11.0 Å². The molecular formula is C12H7ClFNO. The maximum atomic E-state index is 13.0. The number of carbonyl (C=O) groups excluding carboxylic acids is 1. The second-order valence-corrected chi connectivity index (χ2v) is 3.59. The van der Waals surface area contributed by atoms with Crippen LogP contribution in [-0.4, -0.2) is 11.3 Å². The molecule has 80 valence electrons. The number of rotatable bonds is 2. The van der Waals surface area contributed by atoms with Crippen LogP contribution < -0.4 is 0 Å². The molecule has 0 unspecified atom stereocenters. The summed E-state index contributed by atoms with van der Waals surface area (Å²) in [6, 6.07) is 8.95. The van der Waals surface area contributed by atoms with E-state index < -0.39 is 0 Å². The highest BCUT2D eigenvalue weighted by Gasteiger charge is 2.07. The topological polar surface area (TPSA) is 30.0 Å². The predicted molar refractivity (Wildman–Crippen MR) is 60.0 cm³/mol. The molecule has 0 bridgehead atoms. The van der Waals surface area contributed by atoms with E-state index in [1.54, 1.807) is 18.2 Å². The second-order valence-electron chi connectivity index (χ2n) is 3.20. The van der Waals surface area contributed by atoms with Gasteiger partial charge in [0.25, 0.3) is 0 Å². The van der Waals surface area contributed by atoms with Gasteiger partial charge in [0, 0.05) is 11.1 Å². The minimum atomic E-state index is -0.379. The van der Waals surface area contributed by atoms with Gasteiger partial charge >= 0.3 is 0 Å². The maximum Gasteiger partial charge on any atom is 0.152 e. The van der Waals surface area contributed by atoms with Crippen LogP contribution in [0.2, 0.25) is 5.15 Å². The van der Waals surface area contributed by atoms with Crippen molar-refractivity contribution in [3.63, 3.8) is 0 Å². The smallest absolute Gasteiger partial charge is 0.152 e. The monoisotopic (exact) mass is 235 g/mol. The number of benzene rings is 1. The molecule has 16 heavy (non-hydrogen) atoms. The third kappa shape index (κ3) is 2.09. The van der Waals surface area contributed by atoms with Gasteiger partial charge in [0.15, 0.2) is 6.29 Å². The first-order valence-electron chi connectivity index (χ1n) is 4.58. The number of pyridine rings is 1. The number of carbonyl (C=O) groups is 1. The summed E-state index contributed by atoms with van der Waals surface area (Å²) in [6.45, 7) is 0. The molecule has 0 aliphatic carbocycles. The molecular weight excluding hydrogens is 229 g/mol. The van der Waals surface area contributed by atoms with Crippen LogP contribution in [0.4, 0.5) is 4.39 Å². The van der Waals surface area contributed by atoms with Crippen LogP contribution in [0.1, 0.15) is 10.4 Å². The van der Waals surface area contributed by atoms with Crippen LogP contribution in [0.5, 0.6) is 0 Å². The number of aldehydes is 1. The van der Waals surface area contributed by atoms with E-state index in [4.69, 9.17) is 11.6 Å². The summed E-state index contributed by atoms with van der Waals surface area (Å²) in [4.78, 5) is 14.8. The molecule has 0 saturated heterocycles. The Balaban J connectivity index is 2.62. The molecule has 0 radical (unpaired) electrons. The largest absolute Gasteiger partial charge is 0.298 e. The molecule has 4 heteroatoms. The molecule has 1 aromatic carbocycles. The van der Waals surface area contributed by atoms with Crippen LogP contribution in [0, 0.1) is 5.82 Å². The Bertz CT molecular complexity index is 542. The average molecular weight is 236 g/mol. The lowest BCUT2D eigenvalue weighted by atomic mass is 10.1. The minimum Gasteiger partial charge on any atom is -0.298 e. The average Bonchev–Trinajstić information content (AvgIpc) is 2.29. The SMILES string of the molecule is O=Cc1ccc(Cl)nc1-c1cccc(F)c1. The van der Waals surface area contributed by atoms with Crippen molar-refractivity contribution < 1.29 is 9.18 Å². The van der Waals surface area contributed by atoms with Gasteiger partial charge in [-0.05, 0) is 24.3 Å². The molecule has 0 spiro atoms. The lowest BCUT2D eigenvalue weighted by Gasteiger charge is -2.04. The van der Waals surface area contributed by atoms with Crippen molar-refractivity contribution in [2.24, 2.45) is 0 Å². The van der Waals surface area contributed by atoms with E-state index >= 15 is 0 Å². The van der Waals surface area contributed by atoms with Crippen molar-refractivity contribution in [2.45, 2.75) is 0 Å². The summed E-state index contributed by atoms with van der Waals surface area (Å²) >= 11 is 5.74. The second kappa shape index (κ2) is 4.41. The molecule has 1 aromatic heterocycles. The van der Waals surface area contributed by atoms with Crippen LogP contribution in [0.15, 0.2) is 36.4 Å². The fourth-order valence-electron chi connectivity index (χ4n) is 1.41. The number of aromatic nitrogens is 1. The lowest BCUT2D eigenvalue weighted by molar-refractivity contribution is 0.112. The molecule has 1 heterocycles. The molecule has 2 nitrogen and oxygen atoms in total. The number of halogens is 2. The molecule has 2 aromatic rings. The molecule has 0 amide bonds. The summed E-state index contributed by atoms with van der Waals surface area (Å²) < 4.78 is 13.0. The van der Waals surface area contributed by atoms with Crippen molar-refractivity contribution in [3.8, 4) is 11.3 Å². The van der Waals surface area contributed by atoms with Crippen molar-refractivity contribution in [3.05, 3.63) is 52.9 Å². The van der Waals surface area contributed by atoms with Gasteiger partial charge in [-0.3, -0.25) is 4.79 Å². The minimum absolute atomic E-state index is 0.268.